The summed E-state index contributed by atoms with van der Waals surface area (Å²) in [5, 5.41) is 8.81. The van der Waals surface area contributed by atoms with Crippen LogP contribution in [0.1, 0.15) is 38.5 Å². The Morgan fingerprint density at radius 3 is 2.52 bits per heavy atom. The standard InChI is InChI=1S/C20H24N2O2S/c1-20(2,3)16-7-9-18(10-8-16)25-15-19(23)22(12-5-11-21)14-17-6-4-13-24-17/h4,6-10,13H,5,12,14-15H2,1-3H3. The summed E-state index contributed by atoms with van der Waals surface area (Å²) >= 11 is 1.52. The number of rotatable bonds is 7. The molecule has 2 aromatic rings. The molecule has 25 heavy (non-hydrogen) atoms. The summed E-state index contributed by atoms with van der Waals surface area (Å²) in [6.07, 6.45) is 1.91. The maximum atomic E-state index is 12.5. The van der Waals surface area contributed by atoms with E-state index < -0.39 is 0 Å². The van der Waals surface area contributed by atoms with Gasteiger partial charge in [-0.05, 0) is 35.2 Å². The SMILES string of the molecule is CC(C)(C)c1ccc(SCC(=O)N(CCC#N)Cc2ccco2)cc1. The Morgan fingerprint density at radius 2 is 1.96 bits per heavy atom. The Kier molecular flexibility index (Phi) is 6.72. The molecule has 0 saturated heterocycles. The number of thioether (sulfide) groups is 1. The molecule has 0 spiro atoms. The van der Waals surface area contributed by atoms with Crippen LogP contribution in [0.4, 0.5) is 0 Å². The third-order valence-electron chi connectivity index (χ3n) is 3.86. The van der Waals surface area contributed by atoms with Crippen LogP contribution in [0.5, 0.6) is 0 Å². The van der Waals surface area contributed by atoms with E-state index >= 15 is 0 Å². The Hall–Kier alpha value is -2.19. The number of hydrogen-bond donors (Lipinski definition) is 0. The fourth-order valence-electron chi connectivity index (χ4n) is 2.36. The van der Waals surface area contributed by atoms with Crippen molar-refractivity contribution in [3.8, 4) is 6.07 Å². The molecule has 0 N–H and O–H groups in total. The van der Waals surface area contributed by atoms with Gasteiger partial charge < -0.3 is 9.32 Å². The highest BCUT2D eigenvalue weighted by atomic mass is 32.2. The topological polar surface area (TPSA) is 57.2 Å². The number of carbonyl (C=O) groups excluding carboxylic acids is 1. The Morgan fingerprint density at radius 1 is 1.24 bits per heavy atom. The molecule has 0 saturated carbocycles. The molecule has 1 amide bonds. The van der Waals surface area contributed by atoms with Gasteiger partial charge in [0.15, 0.2) is 0 Å². The fraction of sp³-hybridized carbons (Fsp3) is 0.400. The van der Waals surface area contributed by atoms with E-state index in [2.05, 4.69) is 51.1 Å². The van der Waals surface area contributed by atoms with Gasteiger partial charge in [-0.3, -0.25) is 4.79 Å². The number of nitriles is 1. The zero-order valence-electron chi connectivity index (χ0n) is 15.0. The van der Waals surface area contributed by atoms with E-state index in [0.29, 0.717) is 25.3 Å². The molecule has 1 aromatic heterocycles. The van der Waals surface area contributed by atoms with Gasteiger partial charge in [-0.1, -0.05) is 32.9 Å². The van der Waals surface area contributed by atoms with Gasteiger partial charge in [0, 0.05) is 11.4 Å². The van der Waals surface area contributed by atoms with E-state index in [1.165, 1.54) is 17.3 Å². The number of furan rings is 1. The third kappa shape index (κ3) is 5.99. The zero-order chi connectivity index (χ0) is 18.3. The van der Waals surface area contributed by atoms with Crippen LogP contribution in [0.25, 0.3) is 0 Å². The molecular weight excluding hydrogens is 332 g/mol. The van der Waals surface area contributed by atoms with Crippen molar-refractivity contribution in [1.82, 2.24) is 4.90 Å². The summed E-state index contributed by atoms with van der Waals surface area (Å²) < 4.78 is 5.32. The monoisotopic (exact) mass is 356 g/mol. The van der Waals surface area contributed by atoms with Crippen LogP contribution >= 0.6 is 11.8 Å². The van der Waals surface area contributed by atoms with Crippen molar-refractivity contribution in [2.24, 2.45) is 0 Å². The molecule has 0 unspecified atom stereocenters. The minimum atomic E-state index is 0.0107. The van der Waals surface area contributed by atoms with Crippen molar-refractivity contribution in [2.75, 3.05) is 12.3 Å². The van der Waals surface area contributed by atoms with Gasteiger partial charge in [0.05, 0.1) is 31.1 Å². The fourth-order valence-corrected chi connectivity index (χ4v) is 3.16. The van der Waals surface area contributed by atoms with Crippen LogP contribution in [0.3, 0.4) is 0 Å². The average molecular weight is 356 g/mol. The highest BCUT2D eigenvalue weighted by Crippen LogP contribution is 2.26. The lowest BCUT2D eigenvalue weighted by Gasteiger charge is -2.21. The van der Waals surface area contributed by atoms with Crippen LogP contribution in [0, 0.1) is 11.3 Å². The van der Waals surface area contributed by atoms with Gasteiger partial charge in [0.25, 0.3) is 0 Å². The summed E-state index contributed by atoms with van der Waals surface area (Å²) in [5.74, 6) is 1.09. The molecule has 132 valence electrons. The number of nitrogens with zero attached hydrogens (tertiary/aromatic N) is 2. The minimum absolute atomic E-state index is 0.0107. The Bertz CT molecular complexity index is 710. The second kappa shape index (κ2) is 8.77. The normalized spacial score (nSPS) is 11.1. The lowest BCUT2D eigenvalue weighted by atomic mass is 9.87. The average Bonchev–Trinajstić information content (AvgIpc) is 3.09. The predicted molar refractivity (Wildman–Crippen MR) is 100 cm³/mol. The van der Waals surface area contributed by atoms with E-state index in [0.717, 1.165) is 10.7 Å². The van der Waals surface area contributed by atoms with E-state index in [1.54, 1.807) is 17.2 Å². The molecule has 4 nitrogen and oxygen atoms in total. The van der Waals surface area contributed by atoms with Gasteiger partial charge >= 0.3 is 0 Å². The molecule has 0 atom stereocenters. The first kappa shape index (κ1) is 19.1. The van der Waals surface area contributed by atoms with Crippen LogP contribution in [-0.2, 0) is 16.8 Å². The molecule has 0 radical (unpaired) electrons. The second-order valence-corrected chi connectivity index (χ2v) is 7.91. The van der Waals surface area contributed by atoms with Crippen molar-refractivity contribution in [3.63, 3.8) is 0 Å². The molecule has 0 bridgehead atoms. The first-order chi connectivity index (χ1) is 11.9. The first-order valence-corrected chi connectivity index (χ1v) is 9.29. The smallest absolute Gasteiger partial charge is 0.233 e. The number of hydrogen-bond acceptors (Lipinski definition) is 4. The first-order valence-electron chi connectivity index (χ1n) is 8.30. The number of amides is 1. The van der Waals surface area contributed by atoms with Crippen LogP contribution < -0.4 is 0 Å². The molecule has 5 heteroatoms. The largest absolute Gasteiger partial charge is 0.467 e. The molecule has 2 rings (SSSR count). The maximum absolute atomic E-state index is 12.5. The zero-order valence-corrected chi connectivity index (χ0v) is 15.8. The van der Waals surface area contributed by atoms with Gasteiger partial charge in [-0.2, -0.15) is 5.26 Å². The van der Waals surface area contributed by atoms with Gasteiger partial charge in [0.1, 0.15) is 5.76 Å². The van der Waals surface area contributed by atoms with Crippen molar-refractivity contribution in [2.45, 2.75) is 44.0 Å². The number of benzene rings is 1. The lowest BCUT2D eigenvalue weighted by Crippen LogP contribution is -2.32. The van der Waals surface area contributed by atoms with Crippen LogP contribution in [0.15, 0.2) is 52.0 Å². The summed E-state index contributed by atoms with van der Waals surface area (Å²) in [6, 6.07) is 14.1. The Labute approximate surface area is 153 Å². The number of carbonyl (C=O) groups is 1. The van der Waals surface area contributed by atoms with Crippen molar-refractivity contribution >= 4 is 17.7 Å². The van der Waals surface area contributed by atoms with E-state index in [-0.39, 0.29) is 11.3 Å². The van der Waals surface area contributed by atoms with Crippen molar-refractivity contribution < 1.29 is 9.21 Å². The van der Waals surface area contributed by atoms with E-state index in [4.69, 9.17) is 9.68 Å². The maximum Gasteiger partial charge on any atom is 0.233 e. The summed E-state index contributed by atoms with van der Waals surface area (Å²) in [6.45, 7) is 7.36. The highest BCUT2D eigenvalue weighted by molar-refractivity contribution is 8.00. The minimum Gasteiger partial charge on any atom is -0.467 e. The van der Waals surface area contributed by atoms with Gasteiger partial charge in [0.2, 0.25) is 5.91 Å². The third-order valence-corrected chi connectivity index (χ3v) is 4.85. The lowest BCUT2D eigenvalue weighted by molar-refractivity contribution is -0.129. The molecule has 0 aliphatic heterocycles. The summed E-state index contributed by atoms with van der Waals surface area (Å²) in [4.78, 5) is 15.3. The molecule has 0 fully saturated rings. The second-order valence-electron chi connectivity index (χ2n) is 6.87. The highest BCUT2D eigenvalue weighted by Gasteiger charge is 2.16. The van der Waals surface area contributed by atoms with Crippen molar-refractivity contribution in [3.05, 3.63) is 54.0 Å². The van der Waals surface area contributed by atoms with E-state index in [9.17, 15) is 4.79 Å². The summed E-state index contributed by atoms with van der Waals surface area (Å²) in [5.41, 5.74) is 1.40. The van der Waals surface area contributed by atoms with Gasteiger partial charge in [-0.15, -0.1) is 11.8 Å². The predicted octanol–water partition coefficient (Wildman–Crippen LogP) is 4.61. The molecule has 0 aliphatic rings. The van der Waals surface area contributed by atoms with Gasteiger partial charge in [-0.25, -0.2) is 0 Å². The van der Waals surface area contributed by atoms with Crippen LogP contribution in [0.2, 0.25) is 0 Å². The Balaban J connectivity index is 1.94. The quantitative estimate of drug-likeness (QED) is 0.680. The molecule has 1 heterocycles. The molecule has 1 aromatic carbocycles. The molecule has 0 aliphatic carbocycles. The van der Waals surface area contributed by atoms with Crippen molar-refractivity contribution in [1.29, 1.82) is 5.26 Å². The molecular formula is C20H24N2O2S. The summed E-state index contributed by atoms with van der Waals surface area (Å²) in [7, 11) is 0. The van der Waals surface area contributed by atoms with Crippen LogP contribution in [-0.4, -0.2) is 23.1 Å². The van der Waals surface area contributed by atoms with E-state index in [1.807, 2.05) is 6.07 Å².